The molecule has 0 radical (unpaired) electrons. The average Bonchev–Trinajstić information content (AvgIpc) is 3.31. The number of benzene rings is 1. The highest BCUT2D eigenvalue weighted by molar-refractivity contribution is 6.39. The molecule has 2 aromatic heterocycles. The van der Waals surface area contributed by atoms with Gasteiger partial charge in [0.25, 0.3) is 5.91 Å². The van der Waals surface area contributed by atoms with E-state index in [1.807, 2.05) is 22.6 Å². The lowest BCUT2D eigenvalue weighted by molar-refractivity contribution is 0.0685. The first-order valence-electron chi connectivity index (χ1n) is 9.28. The van der Waals surface area contributed by atoms with Gasteiger partial charge >= 0.3 is 0 Å². The van der Waals surface area contributed by atoms with E-state index in [1.165, 1.54) is 0 Å². The van der Waals surface area contributed by atoms with Crippen LogP contribution in [-0.4, -0.2) is 43.6 Å². The van der Waals surface area contributed by atoms with E-state index in [9.17, 15) is 4.79 Å². The maximum Gasteiger partial charge on any atom is 0.270 e. The maximum atomic E-state index is 13.1. The molecule has 4 rings (SSSR count). The number of amides is 1. The quantitative estimate of drug-likeness (QED) is 0.690. The second kappa shape index (κ2) is 7.97. The summed E-state index contributed by atoms with van der Waals surface area (Å²) < 4.78 is 1.95. The van der Waals surface area contributed by atoms with E-state index in [-0.39, 0.29) is 5.91 Å². The fraction of sp³-hybridized carbons (Fsp3) is 0.350. The van der Waals surface area contributed by atoms with E-state index in [2.05, 4.69) is 15.2 Å². The Bertz CT molecular complexity index is 968. The van der Waals surface area contributed by atoms with Gasteiger partial charge in [-0.1, -0.05) is 29.3 Å². The average molecular weight is 418 g/mol. The Morgan fingerprint density at radius 2 is 1.93 bits per heavy atom. The zero-order chi connectivity index (χ0) is 19.7. The number of rotatable bonds is 4. The van der Waals surface area contributed by atoms with Crippen LogP contribution in [0.5, 0.6) is 0 Å². The molecular weight excluding hydrogens is 397 g/mol. The lowest BCUT2D eigenvalue weighted by Gasteiger charge is -2.32. The molecule has 0 aliphatic carbocycles. The van der Waals surface area contributed by atoms with Crippen molar-refractivity contribution in [3.05, 3.63) is 58.4 Å². The molecule has 1 saturated heterocycles. The molecule has 1 aliphatic rings. The van der Waals surface area contributed by atoms with E-state index in [1.54, 1.807) is 30.7 Å². The lowest BCUT2D eigenvalue weighted by atomic mass is 9.93. The molecule has 1 fully saturated rings. The van der Waals surface area contributed by atoms with Gasteiger partial charge in [0.1, 0.15) is 17.8 Å². The number of aromatic nitrogens is 4. The molecule has 3 aromatic rings. The summed E-state index contributed by atoms with van der Waals surface area (Å²) in [5.41, 5.74) is 1.95. The number of nitrogens with zero attached hydrogens (tertiary/aromatic N) is 4. The summed E-state index contributed by atoms with van der Waals surface area (Å²) in [4.78, 5) is 18.1. The van der Waals surface area contributed by atoms with Crippen molar-refractivity contribution in [1.82, 2.24) is 24.6 Å². The highest BCUT2D eigenvalue weighted by Crippen LogP contribution is 2.37. The number of carbonyl (C=O) groups is 1. The standard InChI is InChI=1S/C20H21Cl2N5O/c1-26-12-24-25-17(26)11-13-6-9-27(10-7-13)20(28)19-14(5-8-23-19)18-15(21)3-2-4-16(18)22/h2-5,8,12-13,23H,6-7,9-11H2,1H3. The van der Waals surface area contributed by atoms with Crippen LogP contribution in [0.25, 0.3) is 11.1 Å². The minimum atomic E-state index is -0.0203. The van der Waals surface area contributed by atoms with Crippen molar-refractivity contribution < 1.29 is 4.79 Å². The van der Waals surface area contributed by atoms with Crippen molar-refractivity contribution >= 4 is 29.1 Å². The molecule has 0 bridgehead atoms. The maximum absolute atomic E-state index is 13.1. The molecule has 1 aliphatic heterocycles. The molecule has 6 nitrogen and oxygen atoms in total. The van der Waals surface area contributed by atoms with Crippen LogP contribution < -0.4 is 0 Å². The highest BCUT2D eigenvalue weighted by atomic mass is 35.5. The number of likely N-dealkylation sites (tertiary alicyclic amines) is 1. The summed E-state index contributed by atoms with van der Waals surface area (Å²) in [7, 11) is 1.96. The van der Waals surface area contributed by atoms with Crippen molar-refractivity contribution in [2.24, 2.45) is 13.0 Å². The molecular formula is C20H21Cl2N5O. The number of aryl methyl sites for hydroxylation is 1. The molecule has 0 spiro atoms. The number of aromatic amines is 1. The van der Waals surface area contributed by atoms with Gasteiger partial charge in [-0.25, -0.2) is 0 Å². The van der Waals surface area contributed by atoms with Gasteiger partial charge in [-0.15, -0.1) is 10.2 Å². The van der Waals surface area contributed by atoms with Gasteiger partial charge < -0.3 is 14.5 Å². The molecule has 1 amide bonds. The fourth-order valence-electron chi connectivity index (χ4n) is 3.76. The number of H-pyrrole nitrogens is 1. The van der Waals surface area contributed by atoms with Crippen molar-refractivity contribution in [2.75, 3.05) is 13.1 Å². The Morgan fingerprint density at radius 3 is 2.57 bits per heavy atom. The lowest BCUT2D eigenvalue weighted by Crippen LogP contribution is -2.39. The van der Waals surface area contributed by atoms with Gasteiger partial charge in [0, 0.05) is 53.9 Å². The van der Waals surface area contributed by atoms with Crippen molar-refractivity contribution in [3.8, 4) is 11.1 Å². The summed E-state index contributed by atoms with van der Waals surface area (Å²) in [5.74, 6) is 1.48. The van der Waals surface area contributed by atoms with Crippen LogP contribution in [0.1, 0.15) is 29.2 Å². The van der Waals surface area contributed by atoms with Crippen molar-refractivity contribution in [1.29, 1.82) is 0 Å². The molecule has 0 atom stereocenters. The summed E-state index contributed by atoms with van der Waals surface area (Å²) in [6.07, 6.45) is 6.26. The number of carbonyl (C=O) groups excluding carboxylic acids is 1. The largest absolute Gasteiger partial charge is 0.357 e. The Labute approximate surface area is 173 Å². The predicted molar refractivity (Wildman–Crippen MR) is 110 cm³/mol. The van der Waals surface area contributed by atoms with Crippen LogP contribution in [0, 0.1) is 5.92 Å². The molecule has 28 heavy (non-hydrogen) atoms. The van der Waals surface area contributed by atoms with E-state index in [4.69, 9.17) is 23.2 Å². The predicted octanol–water partition coefficient (Wildman–Crippen LogP) is 4.21. The molecule has 1 aromatic carbocycles. The number of nitrogens with one attached hydrogen (secondary N) is 1. The highest BCUT2D eigenvalue weighted by Gasteiger charge is 2.27. The molecule has 0 unspecified atom stereocenters. The van der Waals surface area contributed by atoms with Crippen LogP contribution in [0.3, 0.4) is 0 Å². The topological polar surface area (TPSA) is 66.8 Å². The minimum absolute atomic E-state index is 0.0203. The summed E-state index contributed by atoms with van der Waals surface area (Å²) in [5, 5.41) is 9.17. The van der Waals surface area contributed by atoms with Crippen LogP contribution >= 0.6 is 23.2 Å². The first-order chi connectivity index (χ1) is 13.5. The van der Waals surface area contributed by atoms with Crippen molar-refractivity contribution in [2.45, 2.75) is 19.3 Å². The van der Waals surface area contributed by atoms with Gasteiger partial charge in [-0.3, -0.25) is 4.79 Å². The second-order valence-corrected chi connectivity index (χ2v) is 7.98. The van der Waals surface area contributed by atoms with Crippen molar-refractivity contribution in [3.63, 3.8) is 0 Å². The van der Waals surface area contributed by atoms with E-state index < -0.39 is 0 Å². The van der Waals surface area contributed by atoms with Crippen LogP contribution in [-0.2, 0) is 13.5 Å². The Kier molecular flexibility index (Phi) is 5.42. The molecule has 1 N–H and O–H groups in total. The third-order valence-corrected chi connectivity index (χ3v) is 6.00. The molecule has 0 saturated carbocycles. The molecule has 8 heteroatoms. The van der Waals surface area contributed by atoms with E-state index in [0.717, 1.165) is 43.7 Å². The smallest absolute Gasteiger partial charge is 0.270 e. The number of hydrogen-bond acceptors (Lipinski definition) is 3. The second-order valence-electron chi connectivity index (χ2n) is 7.16. The van der Waals surface area contributed by atoms with Gasteiger partial charge in [0.05, 0.1) is 0 Å². The van der Waals surface area contributed by atoms with Gasteiger partial charge in [-0.05, 0) is 37.0 Å². The van der Waals surface area contributed by atoms with Crippen LogP contribution in [0.15, 0.2) is 36.8 Å². The third-order valence-electron chi connectivity index (χ3n) is 5.37. The monoisotopic (exact) mass is 417 g/mol. The number of piperidine rings is 1. The van der Waals surface area contributed by atoms with Crippen LogP contribution in [0.2, 0.25) is 10.0 Å². The number of halogens is 2. The zero-order valence-electron chi connectivity index (χ0n) is 15.5. The summed E-state index contributed by atoms with van der Waals surface area (Å²) in [6, 6.07) is 7.20. The van der Waals surface area contributed by atoms with Gasteiger partial charge in [-0.2, -0.15) is 0 Å². The normalized spacial score (nSPS) is 15.2. The molecule has 146 valence electrons. The van der Waals surface area contributed by atoms with E-state index >= 15 is 0 Å². The third kappa shape index (κ3) is 3.66. The van der Waals surface area contributed by atoms with Gasteiger partial charge in [0.15, 0.2) is 0 Å². The Morgan fingerprint density at radius 1 is 1.21 bits per heavy atom. The Balaban J connectivity index is 1.47. The van der Waals surface area contributed by atoms with E-state index in [0.29, 0.717) is 27.2 Å². The molecule has 3 heterocycles. The fourth-order valence-corrected chi connectivity index (χ4v) is 4.36. The zero-order valence-corrected chi connectivity index (χ0v) is 17.0. The minimum Gasteiger partial charge on any atom is -0.357 e. The van der Waals surface area contributed by atoms with Gasteiger partial charge in [0.2, 0.25) is 0 Å². The first kappa shape index (κ1) is 19.0. The SMILES string of the molecule is Cn1cnnc1CC1CCN(C(=O)c2[nH]ccc2-c2c(Cl)cccc2Cl)CC1. The first-order valence-corrected chi connectivity index (χ1v) is 10.0. The Hall–Kier alpha value is -2.31. The summed E-state index contributed by atoms with van der Waals surface area (Å²) >= 11 is 12.7. The van der Waals surface area contributed by atoms with Crippen LogP contribution in [0.4, 0.5) is 0 Å². The summed E-state index contributed by atoms with van der Waals surface area (Å²) in [6.45, 7) is 1.44. The number of hydrogen-bond donors (Lipinski definition) is 1.